The molecule has 0 aliphatic heterocycles. The van der Waals surface area contributed by atoms with Crippen molar-refractivity contribution >= 4 is 5.97 Å². The second kappa shape index (κ2) is 4.40. The van der Waals surface area contributed by atoms with Crippen LogP contribution in [0.1, 0.15) is 29.5 Å². The van der Waals surface area contributed by atoms with Gasteiger partial charge in [-0.1, -0.05) is 12.1 Å². The van der Waals surface area contributed by atoms with E-state index < -0.39 is 5.97 Å². The number of nitrogens with zero attached hydrogens (tertiary/aromatic N) is 3. The van der Waals surface area contributed by atoms with Crippen molar-refractivity contribution in [2.75, 3.05) is 0 Å². The van der Waals surface area contributed by atoms with Gasteiger partial charge in [-0.15, -0.1) is 0 Å². The van der Waals surface area contributed by atoms with Crippen LogP contribution in [0.15, 0.2) is 16.9 Å². The molecule has 2 rings (SSSR count). The summed E-state index contributed by atoms with van der Waals surface area (Å²) >= 11 is 0. The quantitative estimate of drug-likeness (QED) is 0.872. The maximum Gasteiger partial charge on any atom is 0.341 e. The van der Waals surface area contributed by atoms with Crippen molar-refractivity contribution in [3.05, 3.63) is 23.7 Å². The molecule has 17 heavy (non-hydrogen) atoms. The van der Waals surface area contributed by atoms with E-state index in [-0.39, 0.29) is 11.3 Å². The first-order chi connectivity index (χ1) is 8.15. The van der Waals surface area contributed by atoms with E-state index >= 15 is 0 Å². The van der Waals surface area contributed by atoms with Crippen LogP contribution in [0, 0.1) is 0 Å². The Morgan fingerprint density at radius 3 is 2.88 bits per heavy atom. The van der Waals surface area contributed by atoms with Crippen molar-refractivity contribution in [1.82, 2.24) is 14.7 Å². The molecule has 0 radical (unpaired) electrons. The molecule has 0 saturated heterocycles. The van der Waals surface area contributed by atoms with Gasteiger partial charge in [0.15, 0.2) is 17.3 Å². The third-order valence-corrected chi connectivity index (χ3v) is 2.49. The van der Waals surface area contributed by atoms with Gasteiger partial charge in [0.05, 0.1) is 0 Å². The second-order valence-electron chi connectivity index (χ2n) is 3.75. The molecule has 0 amide bonds. The van der Waals surface area contributed by atoms with Crippen molar-refractivity contribution in [1.29, 1.82) is 0 Å². The van der Waals surface area contributed by atoms with Gasteiger partial charge in [0.2, 0.25) is 0 Å². The Morgan fingerprint density at radius 2 is 2.35 bits per heavy atom. The number of imidazole rings is 1. The summed E-state index contributed by atoms with van der Waals surface area (Å²) in [6.07, 6.45) is 4.68. The minimum Gasteiger partial charge on any atom is -0.477 e. The lowest BCUT2D eigenvalue weighted by molar-refractivity contribution is 0.0695. The lowest BCUT2D eigenvalue weighted by Crippen LogP contribution is -2.03. The number of carbonyl (C=O) groups is 1. The van der Waals surface area contributed by atoms with Crippen LogP contribution >= 0.6 is 0 Å². The minimum atomic E-state index is -1.03. The third-order valence-electron chi connectivity index (χ3n) is 2.49. The fourth-order valence-corrected chi connectivity index (χ4v) is 1.69. The fourth-order valence-electron chi connectivity index (χ4n) is 1.69. The second-order valence-corrected chi connectivity index (χ2v) is 3.75. The summed E-state index contributed by atoms with van der Waals surface area (Å²) in [6, 6.07) is 0. The fraction of sp³-hybridized carbons (Fsp3) is 0.364. The number of aromatic nitrogens is 3. The van der Waals surface area contributed by atoms with E-state index in [1.807, 2.05) is 6.92 Å². The lowest BCUT2D eigenvalue weighted by Gasteiger charge is -1.98. The van der Waals surface area contributed by atoms with Gasteiger partial charge in [0, 0.05) is 25.9 Å². The summed E-state index contributed by atoms with van der Waals surface area (Å²) in [7, 11) is 1.78. The zero-order valence-corrected chi connectivity index (χ0v) is 9.67. The van der Waals surface area contributed by atoms with Gasteiger partial charge in [-0.3, -0.25) is 0 Å². The molecule has 1 N–H and O–H groups in total. The minimum absolute atomic E-state index is 0.112. The first-order valence-electron chi connectivity index (χ1n) is 5.34. The van der Waals surface area contributed by atoms with Crippen LogP contribution in [0.4, 0.5) is 0 Å². The van der Waals surface area contributed by atoms with Gasteiger partial charge >= 0.3 is 5.97 Å². The molecule has 6 nitrogen and oxygen atoms in total. The maximum atomic E-state index is 11.2. The molecule has 0 saturated carbocycles. The normalized spacial score (nSPS) is 10.7. The van der Waals surface area contributed by atoms with Crippen molar-refractivity contribution in [2.45, 2.75) is 19.8 Å². The topological polar surface area (TPSA) is 81.2 Å². The Balaban J connectivity index is 2.55. The Morgan fingerprint density at radius 1 is 1.59 bits per heavy atom. The third kappa shape index (κ3) is 1.93. The molecule has 90 valence electrons. The van der Waals surface area contributed by atoms with Crippen LogP contribution in [0.25, 0.3) is 11.5 Å². The molecule has 0 unspecified atom stereocenters. The molecule has 0 bridgehead atoms. The van der Waals surface area contributed by atoms with E-state index in [9.17, 15) is 9.90 Å². The van der Waals surface area contributed by atoms with Crippen molar-refractivity contribution in [3.8, 4) is 11.5 Å². The molecule has 0 atom stereocenters. The van der Waals surface area contributed by atoms with E-state index in [2.05, 4.69) is 10.1 Å². The summed E-state index contributed by atoms with van der Waals surface area (Å²) in [5, 5.41) is 13.0. The molecular weight excluding hydrogens is 222 g/mol. The van der Waals surface area contributed by atoms with Crippen LogP contribution < -0.4 is 0 Å². The lowest BCUT2D eigenvalue weighted by atomic mass is 10.1. The van der Waals surface area contributed by atoms with Gasteiger partial charge in [0.25, 0.3) is 0 Å². The first kappa shape index (κ1) is 11.4. The zero-order valence-electron chi connectivity index (χ0n) is 9.67. The Kier molecular flexibility index (Phi) is 2.95. The highest BCUT2D eigenvalue weighted by atomic mass is 16.5. The number of aromatic carboxylic acids is 1. The van der Waals surface area contributed by atoms with Crippen molar-refractivity contribution in [3.63, 3.8) is 0 Å². The SMILES string of the molecule is CCCc1onc(-c2nccn2C)c1C(=O)O. The average Bonchev–Trinajstić information content (AvgIpc) is 2.84. The molecule has 0 spiro atoms. The summed E-state index contributed by atoms with van der Waals surface area (Å²) < 4.78 is 6.80. The van der Waals surface area contributed by atoms with E-state index in [0.717, 1.165) is 6.42 Å². The predicted octanol–water partition coefficient (Wildman–Crippen LogP) is 1.73. The molecule has 0 aromatic carbocycles. The molecule has 2 heterocycles. The number of carboxylic acids is 1. The molecule has 2 aromatic rings. The molecule has 0 fully saturated rings. The molecule has 2 aromatic heterocycles. The Hall–Kier alpha value is -2.11. The monoisotopic (exact) mass is 235 g/mol. The van der Waals surface area contributed by atoms with Crippen LogP contribution in [0.2, 0.25) is 0 Å². The molecule has 0 aliphatic rings. The van der Waals surface area contributed by atoms with Gasteiger partial charge in [-0.2, -0.15) is 0 Å². The molecule has 6 heteroatoms. The number of hydrogen-bond donors (Lipinski definition) is 1. The summed E-state index contributed by atoms with van der Waals surface area (Å²) in [6.45, 7) is 1.95. The summed E-state index contributed by atoms with van der Waals surface area (Å²) in [5.41, 5.74) is 0.398. The average molecular weight is 235 g/mol. The highest BCUT2D eigenvalue weighted by Crippen LogP contribution is 2.24. The van der Waals surface area contributed by atoms with E-state index in [1.54, 1.807) is 24.0 Å². The van der Waals surface area contributed by atoms with E-state index in [1.165, 1.54) is 0 Å². The first-order valence-corrected chi connectivity index (χ1v) is 5.34. The number of hydrogen-bond acceptors (Lipinski definition) is 4. The summed E-state index contributed by atoms with van der Waals surface area (Å²) in [4.78, 5) is 15.3. The van der Waals surface area contributed by atoms with E-state index in [4.69, 9.17) is 4.52 Å². The highest BCUT2D eigenvalue weighted by Gasteiger charge is 2.24. The van der Waals surface area contributed by atoms with Gasteiger partial charge in [-0.05, 0) is 6.42 Å². The Labute approximate surface area is 97.9 Å². The zero-order chi connectivity index (χ0) is 12.4. The molecular formula is C11H13N3O3. The smallest absolute Gasteiger partial charge is 0.341 e. The number of carboxylic acid groups (broad SMARTS) is 1. The van der Waals surface area contributed by atoms with Gasteiger partial charge in [-0.25, -0.2) is 9.78 Å². The van der Waals surface area contributed by atoms with Crippen molar-refractivity contribution < 1.29 is 14.4 Å². The van der Waals surface area contributed by atoms with E-state index in [0.29, 0.717) is 18.0 Å². The standard InChI is InChI=1S/C11H13N3O3/c1-3-4-7-8(11(15)16)9(13-17-7)10-12-5-6-14(10)2/h5-6H,3-4H2,1-2H3,(H,15,16). The maximum absolute atomic E-state index is 11.2. The van der Waals surface area contributed by atoms with Gasteiger partial charge in [0.1, 0.15) is 5.56 Å². The predicted molar refractivity (Wildman–Crippen MR) is 59.7 cm³/mol. The van der Waals surface area contributed by atoms with Crippen LogP contribution in [0.3, 0.4) is 0 Å². The summed E-state index contributed by atoms with van der Waals surface area (Å²) in [5.74, 6) is -0.140. The highest BCUT2D eigenvalue weighted by molar-refractivity contribution is 5.94. The van der Waals surface area contributed by atoms with Gasteiger partial charge < -0.3 is 14.2 Å². The molecule has 0 aliphatic carbocycles. The van der Waals surface area contributed by atoms with Crippen LogP contribution in [0.5, 0.6) is 0 Å². The largest absolute Gasteiger partial charge is 0.477 e. The van der Waals surface area contributed by atoms with Crippen LogP contribution in [-0.4, -0.2) is 25.8 Å². The number of aryl methyl sites for hydroxylation is 2. The number of rotatable bonds is 4. The Bertz CT molecular complexity index is 542. The van der Waals surface area contributed by atoms with Crippen molar-refractivity contribution in [2.24, 2.45) is 7.05 Å². The van der Waals surface area contributed by atoms with Crippen LogP contribution in [-0.2, 0) is 13.5 Å².